The molecule has 3 fully saturated rings. The maximum Gasteiger partial charge on any atom is 0.496 e. The van der Waals surface area contributed by atoms with Crippen molar-refractivity contribution in [2.24, 2.45) is 0 Å². The third-order valence-electron chi connectivity index (χ3n) is 11.1. The number of halogens is 2. The summed E-state index contributed by atoms with van der Waals surface area (Å²) < 4.78 is 26.5. The summed E-state index contributed by atoms with van der Waals surface area (Å²) >= 11 is 3.31. The van der Waals surface area contributed by atoms with Crippen LogP contribution in [-0.4, -0.2) is 83.8 Å². The van der Waals surface area contributed by atoms with Gasteiger partial charge in [-0.15, -0.1) is 17.0 Å². The van der Waals surface area contributed by atoms with Crippen LogP contribution in [0.15, 0.2) is 62.9 Å². The summed E-state index contributed by atoms with van der Waals surface area (Å²) in [4.78, 5) is 50.6. The van der Waals surface area contributed by atoms with Crippen molar-refractivity contribution in [1.82, 2.24) is 39.0 Å². The van der Waals surface area contributed by atoms with Gasteiger partial charge in [0, 0.05) is 53.0 Å². The molecular weight excluding hydrogens is 915 g/mol. The number of nitrogen functional groups attached to an aromatic ring is 4. The van der Waals surface area contributed by atoms with Gasteiger partial charge in [-0.25, -0.2) is 19.9 Å². The van der Waals surface area contributed by atoms with Crippen molar-refractivity contribution >= 4 is 91.1 Å². The van der Waals surface area contributed by atoms with Crippen molar-refractivity contribution in [3.05, 3.63) is 85.4 Å². The van der Waals surface area contributed by atoms with Crippen LogP contribution in [0, 0.1) is 13.8 Å². The Kier molecular flexibility index (Phi) is 13.5. The summed E-state index contributed by atoms with van der Waals surface area (Å²) in [5, 5.41) is 1.61. The van der Waals surface area contributed by atoms with Crippen molar-refractivity contribution in [2.45, 2.75) is 77.7 Å². The van der Waals surface area contributed by atoms with E-state index in [1.165, 1.54) is 0 Å². The van der Waals surface area contributed by atoms with Crippen LogP contribution in [0.2, 0.25) is 0 Å². The van der Waals surface area contributed by atoms with Crippen LogP contribution in [0.25, 0.3) is 33.2 Å². The van der Waals surface area contributed by atoms with E-state index in [0.29, 0.717) is 65.0 Å². The summed E-state index contributed by atoms with van der Waals surface area (Å²) in [6.45, 7) is 14.1. The minimum Gasteiger partial charge on any atom is -0.399 e. The Hall–Kier alpha value is -5.06. The molecule has 0 aliphatic carbocycles. The number of pyridine rings is 4. The molecule has 0 radical (unpaired) electrons. The first-order valence-corrected chi connectivity index (χ1v) is 20.2. The summed E-state index contributed by atoms with van der Waals surface area (Å²) in [6.07, 6.45) is 4.84. The van der Waals surface area contributed by atoms with E-state index in [9.17, 15) is 9.59 Å². The van der Waals surface area contributed by atoms with Crippen molar-refractivity contribution in [2.75, 3.05) is 49.4 Å². The van der Waals surface area contributed by atoms with Gasteiger partial charge in [-0.1, -0.05) is 6.07 Å². The lowest BCUT2D eigenvalue weighted by Crippen LogP contribution is -2.41. The summed E-state index contributed by atoms with van der Waals surface area (Å²) in [6, 6.07) is 10.6. The van der Waals surface area contributed by atoms with Crippen LogP contribution in [0.4, 0.5) is 23.5 Å². The van der Waals surface area contributed by atoms with E-state index in [2.05, 4.69) is 45.8 Å². The second-order valence-corrected chi connectivity index (χ2v) is 16.7. The molecular formula is C40H49BBr2N12O6. The second-order valence-electron chi connectivity index (χ2n) is 15.8. The minimum absolute atomic E-state index is 0. The Morgan fingerprint density at radius 3 is 1.66 bits per heavy atom. The Morgan fingerprint density at radius 2 is 1.20 bits per heavy atom. The number of aromatic nitrogens is 8. The number of hydrogen-bond donors (Lipinski definition) is 4. The number of ether oxygens (including phenoxy) is 2. The lowest BCUT2D eigenvalue weighted by Gasteiger charge is -2.32. The minimum atomic E-state index is -0.363. The highest BCUT2D eigenvalue weighted by molar-refractivity contribution is 9.10. The predicted molar refractivity (Wildman–Crippen MR) is 245 cm³/mol. The van der Waals surface area contributed by atoms with Gasteiger partial charge in [-0.05, 0) is 101 Å². The smallest absolute Gasteiger partial charge is 0.399 e. The van der Waals surface area contributed by atoms with Crippen molar-refractivity contribution in [3.63, 3.8) is 0 Å². The molecule has 322 valence electrons. The molecule has 3 aliphatic heterocycles. The lowest BCUT2D eigenvalue weighted by atomic mass is 9.80. The molecule has 18 nitrogen and oxygen atoms in total. The number of nitrogens with zero attached hydrogens (tertiary/aromatic N) is 8. The van der Waals surface area contributed by atoms with Gasteiger partial charge in [0.1, 0.15) is 22.9 Å². The van der Waals surface area contributed by atoms with E-state index in [-0.39, 0.29) is 70.4 Å². The summed E-state index contributed by atoms with van der Waals surface area (Å²) in [5.41, 5.74) is 26.5. The fourth-order valence-corrected chi connectivity index (χ4v) is 7.57. The molecule has 2 atom stereocenters. The first-order valence-electron chi connectivity index (χ1n) is 19.4. The van der Waals surface area contributed by atoms with E-state index < -0.39 is 0 Å². The van der Waals surface area contributed by atoms with Crippen molar-refractivity contribution < 1.29 is 18.8 Å². The van der Waals surface area contributed by atoms with Crippen molar-refractivity contribution in [1.29, 1.82) is 0 Å². The van der Waals surface area contributed by atoms with Crippen LogP contribution >= 0.6 is 32.9 Å². The first kappa shape index (κ1) is 45.5. The van der Waals surface area contributed by atoms with Crippen LogP contribution in [-0.2, 0) is 18.8 Å². The predicted octanol–water partition coefficient (Wildman–Crippen LogP) is 4.23. The molecule has 3 aliphatic rings. The fourth-order valence-electron chi connectivity index (χ4n) is 7.15. The van der Waals surface area contributed by atoms with Gasteiger partial charge in [0.05, 0.1) is 52.4 Å². The van der Waals surface area contributed by atoms with E-state index in [1.54, 1.807) is 51.9 Å². The third-order valence-corrected chi connectivity index (χ3v) is 11.7. The molecule has 0 spiro atoms. The van der Waals surface area contributed by atoms with Crippen LogP contribution in [0.3, 0.4) is 0 Å². The SMILES string of the molecule is Br.CC1(C)OB(c2ccc(N)nc2)OC1(C)C.Cc1nc(N)nc2c1cc(-c1ccc(N)nc1)c(=O)n2[C@@H]1CCOC1.Cc1nc(N)nc2c1cc(Br)c(=O)n2[C@@H]1CCOC1. The van der Waals surface area contributed by atoms with Gasteiger partial charge >= 0.3 is 7.12 Å². The van der Waals surface area contributed by atoms with Crippen LogP contribution in [0.5, 0.6) is 0 Å². The molecule has 0 unspecified atom stereocenters. The zero-order chi connectivity index (χ0) is 43.1. The van der Waals surface area contributed by atoms with Gasteiger partial charge in [-0.3, -0.25) is 18.7 Å². The van der Waals surface area contributed by atoms with Gasteiger partial charge < -0.3 is 41.7 Å². The molecule has 9 rings (SSSR count). The van der Waals surface area contributed by atoms with Crippen molar-refractivity contribution in [3.8, 4) is 11.1 Å². The molecule has 0 amide bonds. The maximum atomic E-state index is 13.2. The fraction of sp³-hybridized carbons (Fsp3) is 0.400. The molecule has 61 heavy (non-hydrogen) atoms. The highest BCUT2D eigenvalue weighted by Gasteiger charge is 2.51. The van der Waals surface area contributed by atoms with E-state index in [4.69, 9.17) is 41.7 Å². The topological polar surface area (TPSA) is 262 Å². The molecule has 8 N–H and O–H groups in total. The van der Waals surface area contributed by atoms with Gasteiger partial charge in [0.25, 0.3) is 11.1 Å². The normalized spacial score (nSPS) is 18.9. The maximum absolute atomic E-state index is 13.2. The monoisotopic (exact) mass is 962 g/mol. The Balaban J connectivity index is 0.000000156. The number of hydrogen-bond acceptors (Lipinski definition) is 16. The Morgan fingerprint density at radius 1 is 0.705 bits per heavy atom. The number of nitrogens with two attached hydrogens (primary N) is 4. The Bertz CT molecular complexity index is 2650. The summed E-state index contributed by atoms with van der Waals surface area (Å²) in [7, 11) is -0.363. The average molecular weight is 965 g/mol. The lowest BCUT2D eigenvalue weighted by molar-refractivity contribution is 0.00578. The molecule has 0 bridgehead atoms. The Labute approximate surface area is 370 Å². The van der Waals surface area contributed by atoms with E-state index in [1.807, 2.05) is 47.6 Å². The van der Waals surface area contributed by atoms with Gasteiger partial charge in [0.15, 0.2) is 0 Å². The highest BCUT2D eigenvalue weighted by Crippen LogP contribution is 2.36. The average Bonchev–Trinajstić information content (AvgIpc) is 3.96. The molecule has 6 aromatic heterocycles. The third kappa shape index (κ3) is 9.41. The largest absolute Gasteiger partial charge is 0.496 e. The van der Waals surface area contributed by atoms with E-state index in [0.717, 1.165) is 40.5 Å². The molecule has 6 aromatic rings. The zero-order valence-electron chi connectivity index (χ0n) is 34.7. The van der Waals surface area contributed by atoms with Crippen LogP contribution < -0.4 is 39.5 Å². The molecule has 3 saturated heterocycles. The zero-order valence-corrected chi connectivity index (χ0v) is 38.0. The summed E-state index contributed by atoms with van der Waals surface area (Å²) in [5.74, 6) is 1.24. The van der Waals surface area contributed by atoms with Crippen LogP contribution in [0.1, 0.15) is 64.0 Å². The number of rotatable bonds is 4. The van der Waals surface area contributed by atoms with E-state index >= 15 is 0 Å². The molecule has 0 aromatic carbocycles. The molecule has 9 heterocycles. The second kappa shape index (κ2) is 18.1. The quantitative estimate of drug-likeness (QED) is 0.180. The molecule has 21 heteroatoms. The standard InChI is InChI=1S/C17H18N6O2.C12H13BrN4O2.C11H17BN2O2.BrH/c1-9-12-6-13(10-2-3-14(18)20-7-10)16(24)23(11-4-5-25-8-11)15(12)22-17(19)21-9;1-6-8-4-9(13)11(18)17(7-2-3-19-5-7)10(8)16-12(14)15-6;1-10(2)11(3,4)16-12(15-10)8-5-6-9(13)14-7-8;/h2-3,6-7,11H,4-5,8H2,1H3,(H2,18,20)(H2,19,21,22);4,7H,2-3,5H2,1H3,(H2,14,15,16);5-7H,1-4H3,(H2,13,14);1H/t11-;7-;;/m11../s1. The number of fused-ring (bicyclic) bond motifs is 2. The first-order chi connectivity index (χ1) is 28.4. The molecule has 0 saturated carbocycles. The highest BCUT2D eigenvalue weighted by atomic mass is 79.9. The number of aryl methyl sites for hydroxylation is 2. The van der Waals surface area contributed by atoms with Gasteiger partial charge in [-0.2, -0.15) is 9.97 Å². The van der Waals surface area contributed by atoms with Gasteiger partial charge in [0.2, 0.25) is 11.9 Å². The number of anilines is 4.